The fourth-order valence-electron chi connectivity index (χ4n) is 16.8. The van der Waals surface area contributed by atoms with E-state index in [9.17, 15) is 10.00 Å². The van der Waals surface area contributed by atoms with E-state index >= 15 is 9.13 Å². The molecule has 2 N–H and O–H groups in total. The Morgan fingerprint density at radius 2 is 0.537 bits per heavy atom. The largest absolute Gasteiger partial charge is 0.423 e. The number of aliphatic hydroxyl groups is 1. The zero-order valence-corrected chi connectivity index (χ0v) is 76.5. The Morgan fingerprint density at radius 1 is 0.306 bits per heavy atom. The van der Waals surface area contributed by atoms with E-state index in [0.717, 1.165) is 110 Å². The highest BCUT2D eigenvalue weighted by molar-refractivity contribution is 7.54. The Labute approximate surface area is 674 Å². The van der Waals surface area contributed by atoms with E-state index in [-0.39, 0.29) is 18.2 Å². The summed E-state index contributed by atoms with van der Waals surface area (Å²) in [6.45, 7) is 29.5. The van der Waals surface area contributed by atoms with Crippen LogP contribution in [0.3, 0.4) is 0 Å². The number of unbranched alkanes of at least 4 members (excludes halogenated alkanes) is 60. The van der Waals surface area contributed by atoms with Crippen LogP contribution in [0.15, 0.2) is 30.3 Å². The summed E-state index contributed by atoms with van der Waals surface area (Å²) in [6, 6.07) is 10.5. The van der Waals surface area contributed by atoms with Gasteiger partial charge in [0.25, 0.3) is 0 Å². The topological polar surface area (TPSA) is 102 Å². The molecule has 0 heterocycles. The second-order valence-corrected chi connectivity index (χ2v) is 41.7. The van der Waals surface area contributed by atoms with Gasteiger partial charge < -0.3 is 23.6 Å². The number of hydrogen-bond acceptors (Lipinski definition) is 6. The minimum atomic E-state index is -4.65. The van der Waals surface area contributed by atoms with Crippen LogP contribution >= 0.6 is 15.2 Å². The number of rotatable bonds is 77. The van der Waals surface area contributed by atoms with Gasteiger partial charge in [-0.15, -0.1) is 0 Å². The summed E-state index contributed by atoms with van der Waals surface area (Å²) in [5.41, 5.74) is 3.90. The van der Waals surface area contributed by atoms with Crippen LogP contribution in [-0.4, -0.2) is 23.2 Å². The molecule has 0 radical (unpaired) electrons. The lowest BCUT2D eigenvalue weighted by Crippen LogP contribution is -2.31. The fraction of sp³-hybridized carbons (Fsp3) is 0.879. The summed E-state index contributed by atoms with van der Waals surface area (Å²) in [5.74, 6) is 0.480. The predicted octanol–water partition coefficient (Wildman–Crippen LogP) is 35.1. The third-order valence-electron chi connectivity index (χ3n) is 24.0. The Bertz CT molecular complexity index is 2370. The minimum Gasteiger partial charge on any atom is -0.423 e. The molecule has 0 bridgehead atoms. The lowest BCUT2D eigenvalue weighted by Gasteiger charge is -2.40. The predicted molar refractivity (Wildman–Crippen MR) is 478 cm³/mol. The first-order chi connectivity index (χ1) is 52.1. The van der Waals surface area contributed by atoms with Crippen LogP contribution in [0.2, 0.25) is 0 Å². The number of aliphatic hydroxyl groups excluding tert-OH is 1. The van der Waals surface area contributed by atoms with E-state index in [2.05, 4.69) is 114 Å². The maximum atomic E-state index is 16.8. The summed E-state index contributed by atoms with van der Waals surface area (Å²) in [7, 11) is -8.30. The van der Waals surface area contributed by atoms with Gasteiger partial charge in [0.1, 0.15) is 10.9 Å². The van der Waals surface area contributed by atoms with Crippen LogP contribution in [0, 0.1) is 0 Å². The molecule has 2 aromatic carbocycles. The van der Waals surface area contributed by atoms with E-state index in [4.69, 9.17) is 13.6 Å². The van der Waals surface area contributed by atoms with Crippen molar-refractivity contribution in [2.24, 2.45) is 0 Å². The van der Waals surface area contributed by atoms with Gasteiger partial charge in [-0.1, -0.05) is 518 Å². The highest BCUT2D eigenvalue weighted by Gasteiger charge is 2.52. The standard InChI is InChI=1S/C99H186O7P2/c1-14-18-22-26-30-34-38-42-46-50-54-58-62-66-70-74-80-99(91-79-78-90(87-100)92(86-91)96(5,6)7,81-75-71-67-63-59-55-51-47-43-39-35-31-27-23-19-15-2)108(102,103)106-95-93(97(8,9)10)84-89(85-94(95)98(11,12)13)88-107(101,104-82-76-72-68-64-60-56-52-48-44-40-36-32-28-24-20-16-3)105-83-77-73-69-65-61-57-53-49-45-41-37-33-29-25-21-17-4/h78-79,84-86,100H,14-77,80-83,87-88H2,1-13H3,(H,102,103). The number of hydrogen-bond donors (Lipinski definition) is 2. The molecule has 0 saturated heterocycles. The molecule has 1 unspecified atom stereocenters. The van der Waals surface area contributed by atoms with Crippen LogP contribution in [0.4, 0.5) is 0 Å². The van der Waals surface area contributed by atoms with E-state index in [1.807, 2.05) is 6.07 Å². The molecule has 634 valence electrons. The smallest absolute Gasteiger partial charge is 0.387 e. The van der Waals surface area contributed by atoms with Crippen molar-refractivity contribution in [3.05, 3.63) is 63.7 Å². The van der Waals surface area contributed by atoms with Crippen LogP contribution in [0.5, 0.6) is 5.75 Å². The van der Waals surface area contributed by atoms with E-state index < -0.39 is 31.2 Å². The molecule has 0 aliphatic heterocycles. The average molecular weight is 1550 g/mol. The first-order valence-corrected chi connectivity index (χ1v) is 51.2. The average Bonchev–Trinajstić information content (AvgIpc) is 0.737. The molecule has 7 nitrogen and oxygen atoms in total. The molecule has 0 aliphatic carbocycles. The Kier molecular flexibility index (Phi) is 61.5. The Hall–Kier alpha value is -1.46. The second-order valence-electron chi connectivity index (χ2n) is 37.6. The van der Waals surface area contributed by atoms with Crippen molar-refractivity contribution >= 4 is 15.2 Å². The van der Waals surface area contributed by atoms with Crippen molar-refractivity contribution < 1.29 is 32.7 Å². The zero-order valence-electron chi connectivity index (χ0n) is 74.7. The van der Waals surface area contributed by atoms with Gasteiger partial charge in [0, 0.05) is 11.1 Å². The molecule has 0 spiro atoms. The van der Waals surface area contributed by atoms with Gasteiger partial charge in [-0.05, 0) is 64.2 Å². The third-order valence-corrected chi connectivity index (χ3v) is 28.1. The monoisotopic (exact) mass is 1550 g/mol. The quantitative estimate of drug-likeness (QED) is 0.0502. The van der Waals surface area contributed by atoms with Crippen LogP contribution in [0.25, 0.3) is 0 Å². The summed E-state index contributed by atoms with van der Waals surface area (Å²) >= 11 is 0. The summed E-state index contributed by atoms with van der Waals surface area (Å²) in [6.07, 6.45) is 83.2. The Morgan fingerprint density at radius 3 is 0.769 bits per heavy atom. The third kappa shape index (κ3) is 49.5. The van der Waals surface area contributed by atoms with Crippen LogP contribution < -0.4 is 4.52 Å². The molecule has 0 aliphatic rings. The molecule has 0 amide bonds. The highest BCUT2D eigenvalue weighted by atomic mass is 31.2. The molecule has 9 heteroatoms. The maximum Gasteiger partial charge on any atom is 0.387 e. The van der Waals surface area contributed by atoms with Gasteiger partial charge in [0.15, 0.2) is 0 Å². The minimum absolute atomic E-state index is 0.0935. The molecule has 108 heavy (non-hydrogen) atoms. The summed E-state index contributed by atoms with van der Waals surface area (Å²) < 4.78 is 53.0. The van der Waals surface area contributed by atoms with Crippen molar-refractivity contribution in [1.29, 1.82) is 0 Å². The SMILES string of the molecule is CCCCCCCCCCCCCCCCCCOP(=O)(Cc1cc(C(C)(C)C)c(OP(=O)(O)C(CCCCCCCCCCCCCCCCCC)(CCCCCCCCCCCCCCCCCC)c2ccc(CO)c(C(C)(C)C)c2)c(C(C)(C)C)c1)OCCCCCCCCCCCCCCCCCC. The maximum absolute atomic E-state index is 16.8. The van der Waals surface area contributed by atoms with Crippen LogP contribution in [-0.2, 0) is 52.3 Å². The molecule has 0 aromatic heterocycles. The zero-order chi connectivity index (χ0) is 79.2. The van der Waals surface area contributed by atoms with E-state index in [0.29, 0.717) is 31.8 Å². The van der Waals surface area contributed by atoms with Gasteiger partial charge in [-0.3, -0.25) is 4.57 Å². The van der Waals surface area contributed by atoms with Gasteiger partial charge in [-0.2, -0.15) is 0 Å². The summed E-state index contributed by atoms with van der Waals surface area (Å²) in [4.78, 5) is 13.8. The normalized spacial score (nSPS) is 13.2. The van der Waals surface area contributed by atoms with Gasteiger partial charge >= 0.3 is 15.2 Å². The fourth-order valence-corrected chi connectivity index (χ4v) is 20.4. The van der Waals surface area contributed by atoms with Crippen molar-refractivity contribution in [2.45, 2.75) is 548 Å². The first kappa shape index (κ1) is 103. The van der Waals surface area contributed by atoms with Gasteiger partial charge in [-0.25, -0.2) is 4.57 Å². The van der Waals surface area contributed by atoms with E-state index in [1.165, 1.54) is 334 Å². The first-order valence-electron chi connectivity index (χ1n) is 47.9. The van der Waals surface area contributed by atoms with E-state index in [1.54, 1.807) is 0 Å². The molecule has 2 rings (SSSR count). The second kappa shape index (κ2) is 64.7. The highest BCUT2D eigenvalue weighted by Crippen LogP contribution is 2.67. The lowest BCUT2D eigenvalue weighted by atomic mass is 9.78. The molecule has 0 saturated carbocycles. The summed E-state index contributed by atoms with van der Waals surface area (Å²) in [5, 5.41) is 9.67. The van der Waals surface area contributed by atoms with Gasteiger partial charge in [0.05, 0.1) is 26.0 Å². The van der Waals surface area contributed by atoms with Crippen molar-refractivity contribution in [2.75, 3.05) is 13.2 Å². The Balaban J connectivity index is 2.53. The van der Waals surface area contributed by atoms with Crippen molar-refractivity contribution in [1.82, 2.24) is 0 Å². The molecule has 0 fully saturated rings. The molecular weight excluding hydrogens is 1360 g/mol. The van der Waals surface area contributed by atoms with Crippen molar-refractivity contribution in [3.8, 4) is 5.75 Å². The molecule has 2 aromatic rings. The van der Waals surface area contributed by atoms with Crippen molar-refractivity contribution in [3.63, 3.8) is 0 Å². The van der Waals surface area contributed by atoms with Gasteiger partial charge in [0.2, 0.25) is 0 Å². The number of benzene rings is 2. The lowest BCUT2D eigenvalue weighted by molar-refractivity contribution is 0.196. The molecular formula is C99H186O7P2. The molecule has 1 atom stereocenters. The van der Waals surface area contributed by atoms with Crippen LogP contribution in [0.1, 0.15) is 547 Å².